The SMILES string of the molecule is Cc1ccc(C(=O)Nc2ccccc2)cc1NC(=O)N(C)CCOc1ccccc1. The molecule has 0 aliphatic rings. The third kappa shape index (κ3) is 5.85. The highest BCUT2D eigenvalue weighted by Crippen LogP contribution is 2.19. The van der Waals surface area contributed by atoms with Crippen molar-refractivity contribution in [3.63, 3.8) is 0 Å². The minimum absolute atomic E-state index is 0.235. The largest absolute Gasteiger partial charge is 0.492 e. The minimum atomic E-state index is -0.268. The van der Waals surface area contributed by atoms with E-state index in [0.29, 0.717) is 30.1 Å². The van der Waals surface area contributed by atoms with Crippen molar-refractivity contribution in [2.75, 3.05) is 30.8 Å². The van der Waals surface area contributed by atoms with E-state index in [1.807, 2.05) is 73.7 Å². The number of anilines is 2. The maximum Gasteiger partial charge on any atom is 0.321 e. The number of likely N-dealkylation sites (N-methyl/N-ethyl adjacent to an activating group) is 1. The lowest BCUT2D eigenvalue weighted by Crippen LogP contribution is -2.34. The maximum absolute atomic E-state index is 12.5. The van der Waals surface area contributed by atoms with Crippen molar-refractivity contribution in [2.45, 2.75) is 6.92 Å². The summed E-state index contributed by atoms with van der Waals surface area (Å²) in [6.07, 6.45) is 0. The number of urea groups is 1. The number of carbonyl (C=O) groups is 2. The monoisotopic (exact) mass is 403 g/mol. The molecule has 0 saturated carbocycles. The number of aryl methyl sites for hydroxylation is 1. The highest BCUT2D eigenvalue weighted by Gasteiger charge is 2.13. The Morgan fingerprint density at radius 2 is 1.57 bits per heavy atom. The predicted molar refractivity (Wildman–Crippen MR) is 119 cm³/mol. The average Bonchev–Trinajstić information content (AvgIpc) is 2.76. The molecule has 0 heterocycles. The summed E-state index contributed by atoms with van der Waals surface area (Å²) < 4.78 is 5.63. The van der Waals surface area contributed by atoms with Gasteiger partial charge in [-0.2, -0.15) is 0 Å². The molecule has 0 atom stereocenters. The van der Waals surface area contributed by atoms with Gasteiger partial charge in [-0.1, -0.05) is 42.5 Å². The molecule has 0 unspecified atom stereocenters. The Balaban J connectivity index is 1.57. The van der Waals surface area contributed by atoms with Crippen LogP contribution in [0.25, 0.3) is 0 Å². The van der Waals surface area contributed by atoms with Crippen molar-refractivity contribution in [2.24, 2.45) is 0 Å². The van der Waals surface area contributed by atoms with Crippen LogP contribution >= 0.6 is 0 Å². The Labute approximate surface area is 176 Å². The summed E-state index contributed by atoms with van der Waals surface area (Å²) >= 11 is 0. The normalized spacial score (nSPS) is 10.2. The van der Waals surface area contributed by atoms with E-state index in [9.17, 15) is 9.59 Å². The Morgan fingerprint density at radius 1 is 0.900 bits per heavy atom. The molecule has 0 fully saturated rings. The number of amides is 3. The number of hydrogen-bond acceptors (Lipinski definition) is 3. The molecule has 2 N–H and O–H groups in total. The van der Waals surface area contributed by atoms with Gasteiger partial charge in [0.15, 0.2) is 0 Å². The van der Waals surface area contributed by atoms with Crippen LogP contribution in [0.1, 0.15) is 15.9 Å². The van der Waals surface area contributed by atoms with Gasteiger partial charge in [0.25, 0.3) is 5.91 Å². The lowest BCUT2D eigenvalue weighted by atomic mass is 10.1. The van der Waals surface area contributed by atoms with Gasteiger partial charge in [0.2, 0.25) is 0 Å². The van der Waals surface area contributed by atoms with Crippen molar-refractivity contribution >= 4 is 23.3 Å². The molecule has 0 aliphatic heterocycles. The van der Waals surface area contributed by atoms with Crippen LogP contribution in [-0.2, 0) is 0 Å². The summed E-state index contributed by atoms with van der Waals surface area (Å²) in [6.45, 7) is 2.69. The highest BCUT2D eigenvalue weighted by atomic mass is 16.5. The molecule has 0 radical (unpaired) electrons. The third-order valence-corrected chi connectivity index (χ3v) is 4.56. The summed E-state index contributed by atoms with van der Waals surface area (Å²) in [6, 6.07) is 23.7. The lowest BCUT2D eigenvalue weighted by molar-refractivity contribution is 0.102. The van der Waals surface area contributed by atoms with Gasteiger partial charge in [0.1, 0.15) is 12.4 Å². The fraction of sp³-hybridized carbons (Fsp3) is 0.167. The first-order valence-electron chi connectivity index (χ1n) is 9.70. The second-order valence-electron chi connectivity index (χ2n) is 6.86. The number of hydrogen-bond donors (Lipinski definition) is 2. The molecule has 6 nitrogen and oxygen atoms in total. The standard InChI is InChI=1S/C24H25N3O3/c1-18-13-14-19(23(28)25-20-9-5-3-6-10-20)17-22(18)26-24(29)27(2)15-16-30-21-11-7-4-8-12-21/h3-14,17H,15-16H2,1-2H3,(H,25,28)(H,26,29). The molecule has 0 bridgehead atoms. The number of nitrogens with one attached hydrogen (secondary N) is 2. The summed E-state index contributed by atoms with van der Waals surface area (Å²) in [5.74, 6) is 0.528. The highest BCUT2D eigenvalue weighted by molar-refractivity contribution is 6.05. The topological polar surface area (TPSA) is 70.7 Å². The van der Waals surface area contributed by atoms with Gasteiger partial charge in [-0.15, -0.1) is 0 Å². The van der Waals surface area contributed by atoms with Gasteiger partial charge >= 0.3 is 6.03 Å². The van der Waals surface area contributed by atoms with Crippen LogP contribution in [0.2, 0.25) is 0 Å². The van der Waals surface area contributed by atoms with E-state index < -0.39 is 0 Å². The molecule has 0 saturated heterocycles. The second kappa shape index (κ2) is 10.1. The van der Waals surface area contributed by atoms with E-state index in [4.69, 9.17) is 4.74 Å². The molecule has 30 heavy (non-hydrogen) atoms. The molecule has 3 aromatic carbocycles. The van der Waals surface area contributed by atoms with Crippen molar-refractivity contribution in [3.05, 3.63) is 90.0 Å². The summed E-state index contributed by atoms with van der Waals surface area (Å²) in [7, 11) is 1.70. The van der Waals surface area contributed by atoms with Crippen LogP contribution < -0.4 is 15.4 Å². The van der Waals surface area contributed by atoms with E-state index in [0.717, 1.165) is 11.3 Å². The molecular formula is C24H25N3O3. The smallest absolute Gasteiger partial charge is 0.321 e. The van der Waals surface area contributed by atoms with Crippen molar-refractivity contribution in [3.8, 4) is 5.75 Å². The number of benzene rings is 3. The molecule has 6 heteroatoms. The van der Waals surface area contributed by atoms with E-state index in [1.165, 1.54) is 0 Å². The van der Waals surface area contributed by atoms with Crippen molar-refractivity contribution in [1.29, 1.82) is 0 Å². The maximum atomic E-state index is 12.5. The molecule has 0 aliphatic carbocycles. The molecule has 0 aromatic heterocycles. The first-order valence-corrected chi connectivity index (χ1v) is 9.70. The van der Waals surface area contributed by atoms with Crippen LogP contribution in [0.5, 0.6) is 5.75 Å². The number of carbonyl (C=O) groups excluding carboxylic acids is 2. The number of nitrogens with zero attached hydrogens (tertiary/aromatic N) is 1. The molecule has 154 valence electrons. The van der Waals surface area contributed by atoms with E-state index in [1.54, 1.807) is 24.1 Å². The molecule has 3 rings (SSSR count). The summed E-state index contributed by atoms with van der Waals surface area (Å²) in [5.41, 5.74) is 2.65. The Morgan fingerprint density at radius 3 is 2.27 bits per heavy atom. The third-order valence-electron chi connectivity index (χ3n) is 4.56. The quantitative estimate of drug-likeness (QED) is 0.596. The molecule has 3 amide bonds. The Bertz CT molecular complexity index is 991. The van der Waals surface area contributed by atoms with Crippen LogP contribution in [0, 0.1) is 6.92 Å². The zero-order valence-electron chi connectivity index (χ0n) is 17.1. The summed E-state index contributed by atoms with van der Waals surface area (Å²) in [5, 5.41) is 5.72. The van der Waals surface area contributed by atoms with Gasteiger partial charge in [0, 0.05) is 24.0 Å². The van der Waals surface area contributed by atoms with Crippen LogP contribution in [0.15, 0.2) is 78.9 Å². The fourth-order valence-corrected chi connectivity index (χ4v) is 2.75. The van der Waals surface area contributed by atoms with Crippen molar-refractivity contribution < 1.29 is 14.3 Å². The van der Waals surface area contributed by atoms with Crippen LogP contribution in [-0.4, -0.2) is 37.0 Å². The van der Waals surface area contributed by atoms with E-state index in [2.05, 4.69) is 10.6 Å². The zero-order chi connectivity index (χ0) is 21.3. The van der Waals surface area contributed by atoms with Gasteiger partial charge < -0.3 is 20.3 Å². The number of para-hydroxylation sites is 2. The van der Waals surface area contributed by atoms with E-state index >= 15 is 0 Å². The number of rotatable bonds is 7. The Kier molecular flexibility index (Phi) is 7.05. The number of ether oxygens (including phenoxy) is 1. The van der Waals surface area contributed by atoms with Crippen LogP contribution in [0.3, 0.4) is 0 Å². The average molecular weight is 403 g/mol. The summed E-state index contributed by atoms with van der Waals surface area (Å²) in [4.78, 5) is 26.6. The van der Waals surface area contributed by atoms with Gasteiger partial charge in [0.05, 0.1) is 6.54 Å². The molecular weight excluding hydrogens is 378 g/mol. The van der Waals surface area contributed by atoms with Gasteiger partial charge in [-0.3, -0.25) is 4.79 Å². The van der Waals surface area contributed by atoms with Crippen LogP contribution in [0.4, 0.5) is 16.2 Å². The minimum Gasteiger partial charge on any atom is -0.492 e. The first-order chi connectivity index (χ1) is 14.5. The molecule has 3 aromatic rings. The fourth-order valence-electron chi connectivity index (χ4n) is 2.75. The lowest BCUT2D eigenvalue weighted by Gasteiger charge is -2.19. The molecule has 0 spiro atoms. The van der Waals surface area contributed by atoms with Crippen molar-refractivity contribution in [1.82, 2.24) is 4.90 Å². The van der Waals surface area contributed by atoms with E-state index in [-0.39, 0.29) is 11.9 Å². The van der Waals surface area contributed by atoms with Gasteiger partial charge in [-0.25, -0.2) is 4.79 Å². The Hall–Kier alpha value is -3.80. The zero-order valence-corrected chi connectivity index (χ0v) is 17.1. The predicted octanol–water partition coefficient (Wildman–Crippen LogP) is 4.79. The van der Waals surface area contributed by atoms with Gasteiger partial charge in [-0.05, 0) is 48.9 Å². The second-order valence-corrected chi connectivity index (χ2v) is 6.86. The first kappa shape index (κ1) is 20.9.